The summed E-state index contributed by atoms with van der Waals surface area (Å²) in [7, 11) is 0. The highest BCUT2D eigenvalue weighted by Gasteiger charge is 2.26. The first-order valence-electron chi connectivity index (χ1n) is 9.06. The Bertz CT molecular complexity index is 602. The summed E-state index contributed by atoms with van der Waals surface area (Å²) < 4.78 is 0. The third-order valence-corrected chi connectivity index (χ3v) is 4.35. The van der Waals surface area contributed by atoms with Crippen molar-refractivity contribution in [3.63, 3.8) is 0 Å². The lowest BCUT2D eigenvalue weighted by Crippen LogP contribution is -3.28. The molecule has 0 radical (unpaired) electrons. The minimum atomic E-state index is -0.416. The van der Waals surface area contributed by atoms with Crippen molar-refractivity contribution in [3.8, 4) is 0 Å². The fraction of sp³-hybridized carbons (Fsp3) is 0.579. The summed E-state index contributed by atoms with van der Waals surface area (Å²) in [6.07, 6.45) is 0. The van der Waals surface area contributed by atoms with Gasteiger partial charge >= 0.3 is 6.03 Å². The van der Waals surface area contributed by atoms with Crippen LogP contribution in [0.15, 0.2) is 24.3 Å². The van der Waals surface area contributed by atoms with Gasteiger partial charge < -0.3 is 15.1 Å². The van der Waals surface area contributed by atoms with Crippen LogP contribution in [0.25, 0.3) is 0 Å². The minimum absolute atomic E-state index is 0.209. The number of urea groups is 1. The van der Waals surface area contributed by atoms with Crippen molar-refractivity contribution < 1.29 is 19.4 Å². The number of hydrogen-bond acceptors (Lipinski definition) is 2. The predicted octanol–water partition coefficient (Wildman–Crippen LogP) is -1.10. The number of benzene rings is 1. The summed E-state index contributed by atoms with van der Waals surface area (Å²) in [6.45, 7) is 13.2. The first-order valence-corrected chi connectivity index (χ1v) is 9.06. The Balaban J connectivity index is 1.71. The van der Waals surface area contributed by atoms with E-state index in [1.54, 1.807) is 4.90 Å². The van der Waals surface area contributed by atoms with E-state index >= 15 is 0 Å². The Morgan fingerprint density at radius 1 is 1.08 bits per heavy atom. The maximum atomic E-state index is 12.0. The van der Waals surface area contributed by atoms with Gasteiger partial charge in [-0.15, -0.1) is 0 Å². The topological polar surface area (TPSA) is 67.1 Å². The number of imide groups is 1. The van der Waals surface area contributed by atoms with Crippen LogP contribution in [0, 0.1) is 6.92 Å². The van der Waals surface area contributed by atoms with Crippen molar-refractivity contribution in [2.45, 2.75) is 39.8 Å². The molecule has 1 aliphatic rings. The minimum Gasteiger partial charge on any atom is -0.333 e. The van der Waals surface area contributed by atoms with Crippen molar-refractivity contribution in [2.24, 2.45) is 0 Å². The lowest BCUT2D eigenvalue weighted by Gasteiger charge is -2.29. The van der Waals surface area contributed by atoms with Crippen LogP contribution in [0.5, 0.6) is 0 Å². The van der Waals surface area contributed by atoms with Crippen LogP contribution < -0.4 is 20.4 Å². The molecule has 4 N–H and O–H groups in total. The van der Waals surface area contributed by atoms with Gasteiger partial charge in [0.25, 0.3) is 5.91 Å². The summed E-state index contributed by atoms with van der Waals surface area (Å²) in [4.78, 5) is 26.6. The summed E-state index contributed by atoms with van der Waals surface area (Å²) in [5.41, 5.74) is 2.32. The molecule has 138 valence electrons. The van der Waals surface area contributed by atoms with Gasteiger partial charge in [0, 0.05) is 11.1 Å². The Hall–Kier alpha value is -1.92. The standard InChI is InChI=1S/C19H30N4O2/c1-15-6-5-7-16(12-15)13-22-8-10-23(11-9-22)14-17(24)20-18(25)21-19(2,3)4/h5-7,12H,8-11,13-14H2,1-4H3,(H2,20,21,24,25)/p+2. The van der Waals surface area contributed by atoms with Crippen LogP contribution in [-0.4, -0.2) is 50.2 Å². The van der Waals surface area contributed by atoms with Crippen LogP contribution in [0.1, 0.15) is 31.9 Å². The Morgan fingerprint density at radius 2 is 1.72 bits per heavy atom. The highest BCUT2D eigenvalue weighted by atomic mass is 16.2. The van der Waals surface area contributed by atoms with E-state index in [1.165, 1.54) is 16.0 Å². The van der Waals surface area contributed by atoms with Gasteiger partial charge in [-0.1, -0.05) is 29.8 Å². The van der Waals surface area contributed by atoms with Crippen LogP contribution in [0.2, 0.25) is 0 Å². The Labute approximate surface area is 150 Å². The second-order valence-electron chi connectivity index (χ2n) is 8.09. The second kappa shape index (κ2) is 8.45. The number of nitrogens with one attached hydrogen (secondary N) is 4. The van der Waals surface area contributed by atoms with Gasteiger partial charge in [-0.05, 0) is 27.7 Å². The van der Waals surface area contributed by atoms with Crippen LogP contribution in [0.3, 0.4) is 0 Å². The highest BCUT2D eigenvalue weighted by molar-refractivity contribution is 5.94. The number of hydrogen-bond donors (Lipinski definition) is 4. The Morgan fingerprint density at radius 3 is 2.32 bits per heavy atom. The summed E-state index contributed by atoms with van der Waals surface area (Å²) in [6, 6.07) is 8.24. The first-order chi connectivity index (χ1) is 11.7. The average Bonchev–Trinajstić information content (AvgIpc) is 2.47. The number of piperazine rings is 1. The molecule has 6 nitrogen and oxygen atoms in total. The van der Waals surface area contributed by atoms with Gasteiger partial charge in [-0.2, -0.15) is 0 Å². The van der Waals surface area contributed by atoms with E-state index in [9.17, 15) is 9.59 Å². The monoisotopic (exact) mass is 348 g/mol. The van der Waals surface area contributed by atoms with E-state index in [2.05, 4.69) is 41.8 Å². The molecule has 1 fully saturated rings. The molecule has 2 rings (SSSR count). The van der Waals surface area contributed by atoms with Crippen LogP contribution in [0.4, 0.5) is 4.79 Å². The van der Waals surface area contributed by atoms with Gasteiger partial charge in [0.05, 0.1) is 0 Å². The number of aryl methyl sites for hydroxylation is 1. The molecule has 0 unspecified atom stereocenters. The van der Waals surface area contributed by atoms with Crippen LogP contribution >= 0.6 is 0 Å². The number of amides is 3. The van der Waals surface area contributed by atoms with E-state index in [0.717, 1.165) is 32.7 Å². The van der Waals surface area contributed by atoms with Gasteiger partial charge in [-0.25, -0.2) is 4.79 Å². The van der Waals surface area contributed by atoms with Crippen LogP contribution in [-0.2, 0) is 11.3 Å². The van der Waals surface area contributed by atoms with Crippen molar-refractivity contribution >= 4 is 11.9 Å². The molecule has 1 heterocycles. The average molecular weight is 348 g/mol. The summed E-state index contributed by atoms with van der Waals surface area (Å²) >= 11 is 0. The lowest BCUT2D eigenvalue weighted by atomic mass is 10.1. The zero-order valence-corrected chi connectivity index (χ0v) is 15.9. The molecule has 3 amide bonds. The third-order valence-electron chi connectivity index (χ3n) is 4.35. The molecule has 0 bridgehead atoms. The number of carbonyl (C=O) groups excluding carboxylic acids is 2. The molecular formula is C19H32N4O2+2. The maximum Gasteiger partial charge on any atom is 0.322 e. The molecule has 1 aromatic rings. The molecule has 0 aliphatic carbocycles. The SMILES string of the molecule is Cc1cccc(C[NH+]2CC[NH+](CC(=O)NC(=O)NC(C)(C)C)CC2)c1. The smallest absolute Gasteiger partial charge is 0.322 e. The van der Waals surface area contributed by atoms with E-state index in [-0.39, 0.29) is 11.4 Å². The maximum absolute atomic E-state index is 12.0. The second-order valence-corrected chi connectivity index (χ2v) is 8.09. The quantitative estimate of drug-likeness (QED) is 0.558. The van der Waals surface area contributed by atoms with Crippen molar-refractivity contribution in [2.75, 3.05) is 32.7 Å². The number of rotatable bonds is 4. The number of carbonyl (C=O) groups is 2. The normalized spacial score (nSPS) is 20.8. The van der Waals surface area contributed by atoms with Gasteiger partial charge in [-0.3, -0.25) is 10.1 Å². The first kappa shape index (κ1) is 19.4. The van der Waals surface area contributed by atoms with E-state index in [0.29, 0.717) is 6.54 Å². The number of quaternary nitrogens is 2. The summed E-state index contributed by atoms with van der Waals surface area (Å²) in [5.74, 6) is -0.209. The summed E-state index contributed by atoms with van der Waals surface area (Å²) in [5, 5.41) is 5.17. The van der Waals surface area contributed by atoms with E-state index in [4.69, 9.17) is 0 Å². The molecule has 1 aliphatic heterocycles. The molecule has 0 atom stereocenters. The van der Waals surface area contributed by atoms with Gasteiger partial charge in [0.2, 0.25) is 0 Å². The molecule has 0 saturated carbocycles. The van der Waals surface area contributed by atoms with E-state index in [1.807, 2.05) is 20.8 Å². The molecule has 6 heteroatoms. The predicted molar refractivity (Wildman–Crippen MR) is 97.6 cm³/mol. The Kier molecular flexibility index (Phi) is 6.56. The van der Waals surface area contributed by atoms with E-state index < -0.39 is 6.03 Å². The fourth-order valence-corrected chi connectivity index (χ4v) is 3.19. The third kappa shape index (κ3) is 7.23. The van der Waals surface area contributed by atoms with Gasteiger partial charge in [0.15, 0.2) is 6.54 Å². The molecule has 25 heavy (non-hydrogen) atoms. The lowest BCUT2D eigenvalue weighted by molar-refractivity contribution is -1.02. The molecular weight excluding hydrogens is 316 g/mol. The largest absolute Gasteiger partial charge is 0.333 e. The van der Waals surface area contributed by atoms with Gasteiger partial charge in [0.1, 0.15) is 32.7 Å². The highest BCUT2D eigenvalue weighted by Crippen LogP contribution is 2.01. The van der Waals surface area contributed by atoms with Crippen molar-refractivity contribution in [1.82, 2.24) is 10.6 Å². The molecule has 1 saturated heterocycles. The van der Waals surface area contributed by atoms with Crippen molar-refractivity contribution in [1.29, 1.82) is 0 Å². The van der Waals surface area contributed by atoms with Crippen molar-refractivity contribution in [3.05, 3.63) is 35.4 Å². The zero-order valence-electron chi connectivity index (χ0n) is 15.9. The zero-order chi connectivity index (χ0) is 18.4. The molecule has 1 aromatic carbocycles. The molecule has 0 spiro atoms. The fourth-order valence-electron chi connectivity index (χ4n) is 3.19. The molecule has 0 aromatic heterocycles.